The van der Waals surface area contributed by atoms with E-state index >= 15 is 0 Å². The molecule has 3 N–H and O–H groups in total. The Labute approximate surface area is 137 Å². The molecule has 0 bridgehead atoms. The van der Waals surface area contributed by atoms with Crippen LogP contribution in [0.3, 0.4) is 0 Å². The molecule has 1 aromatic heterocycles. The highest BCUT2D eigenvalue weighted by Crippen LogP contribution is 2.27. The summed E-state index contributed by atoms with van der Waals surface area (Å²) in [7, 11) is 0. The van der Waals surface area contributed by atoms with Gasteiger partial charge in [0.15, 0.2) is 5.76 Å². The van der Waals surface area contributed by atoms with E-state index in [0.717, 1.165) is 18.2 Å². The van der Waals surface area contributed by atoms with E-state index in [4.69, 9.17) is 26.5 Å². The molecule has 6 nitrogen and oxygen atoms in total. The van der Waals surface area contributed by atoms with Crippen LogP contribution in [0.4, 0.5) is 4.79 Å². The number of hydrogen-bond donors (Lipinski definition) is 2. The molecule has 2 aromatic rings. The maximum Gasteiger partial charge on any atom is 0.404 e. The maximum atomic E-state index is 12.2. The third kappa shape index (κ3) is 3.76. The van der Waals surface area contributed by atoms with Crippen LogP contribution in [-0.2, 0) is 4.74 Å². The number of furan rings is 1. The lowest BCUT2D eigenvalue weighted by molar-refractivity contribution is 0.0912. The Hall–Kier alpha value is -2.21. The van der Waals surface area contributed by atoms with Gasteiger partial charge in [-0.1, -0.05) is 11.6 Å². The minimum absolute atomic E-state index is 0.150. The highest BCUT2D eigenvalue weighted by Gasteiger charge is 2.27. The number of ether oxygens (including phenoxy) is 1. The smallest absolute Gasteiger partial charge is 0.404 e. The van der Waals surface area contributed by atoms with Crippen LogP contribution in [-0.4, -0.2) is 24.6 Å². The van der Waals surface area contributed by atoms with Crippen molar-refractivity contribution in [2.45, 2.75) is 25.4 Å². The Morgan fingerprint density at radius 3 is 2.96 bits per heavy atom. The Morgan fingerprint density at radius 2 is 2.17 bits per heavy atom. The Kier molecular flexibility index (Phi) is 4.43. The number of halogens is 1. The summed E-state index contributed by atoms with van der Waals surface area (Å²) in [5, 5.41) is 4.24. The van der Waals surface area contributed by atoms with Gasteiger partial charge in [0.1, 0.15) is 11.7 Å². The molecule has 3 rings (SSSR count). The van der Waals surface area contributed by atoms with Crippen molar-refractivity contribution in [1.82, 2.24) is 5.32 Å². The molecule has 0 saturated heterocycles. The number of fused-ring (bicyclic) bond motifs is 1. The van der Waals surface area contributed by atoms with Crippen LogP contribution in [0.15, 0.2) is 28.7 Å². The van der Waals surface area contributed by atoms with E-state index in [1.807, 2.05) is 0 Å². The minimum atomic E-state index is -0.749. The number of hydrogen-bond acceptors (Lipinski definition) is 4. The van der Waals surface area contributed by atoms with Crippen LogP contribution in [0, 0.1) is 5.92 Å². The van der Waals surface area contributed by atoms with Crippen molar-refractivity contribution in [2.24, 2.45) is 11.7 Å². The zero-order valence-electron chi connectivity index (χ0n) is 12.4. The van der Waals surface area contributed by atoms with Gasteiger partial charge in [0, 0.05) is 17.0 Å². The first-order valence-electron chi connectivity index (χ1n) is 7.44. The summed E-state index contributed by atoms with van der Waals surface area (Å²) in [6, 6.07) is 6.87. The quantitative estimate of drug-likeness (QED) is 0.897. The third-order valence-electron chi connectivity index (χ3n) is 4.03. The SMILES string of the molecule is NC(=O)OC1CCC(CNC(=O)c2cc3cc(Cl)ccc3o2)C1. The van der Waals surface area contributed by atoms with E-state index in [9.17, 15) is 9.59 Å². The molecular weight excluding hydrogens is 320 g/mol. The molecule has 0 radical (unpaired) electrons. The summed E-state index contributed by atoms with van der Waals surface area (Å²) in [5.41, 5.74) is 5.63. The van der Waals surface area contributed by atoms with Crippen molar-refractivity contribution in [3.8, 4) is 0 Å². The molecular formula is C16H17ClN2O4. The largest absolute Gasteiger partial charge is 0.451 e. The minimum Gasteiger partial charge on any atom is -0.451 e. The number of carbonyl (C=O) groups is 2. The molecule has 1 aromatic carbocycles. The lowest BCUT2D eigenvalue weighted by atomic mass is 10.1. The zero-order chi connectivity index (χ0) is 16.4. The summed E-state index contributed by atoms with van der Waals surface area (Å²) in [6.45, 7) is 0.509. The first-order valence-corrected chi connectivity index (χ1v) is 7.82. The second-order valence-corrected chi connectivity index (χ2v) is 6.18. The Morgan fingerprint density at radius 1 is 1.35 bits per heavy atom. The highest BCUT2D eigenvalue weighted by atomic mass is 35.5. The third-order valence-corrected chi connectivity index (χ3v) is 4.26. The van der Waals surface area contributed by atoms with Crippen molar-refractivity contribution in [3.63, 3.8) is 0 Å². The highest BCUT2D eigenvalue weighted by molar-refractivity contribution is 6.31. The number of amides is 2. The van der Waals surface area contributed by atoms with Gasteiger partial charge in [-0.15, -0.1) is 0 Å². The average Bonchev–Trinajstić information content (AvgIpc) is 3.10. The van der Waals surface area contributed by atoms with Crippen LogP contribution in [0.5, 0.6) is 0 Å². The second kappa shape index (κ2) is 6.50. The van der Waals surface area contributed by atoms with Crippen LogP contribution in [0.1, 0.15) is 29.8 Å². The maximum absolute atomic E-state index is 12.2. The molecule has 2 atom stereocenters. The van der Waals surface area contributed by atoms with Crippen LogP contribution in [0.2, 0.25) is 5.02 Å². The van der Waals surface area contributed by atoms with Gasteiger partial charge in [-0.2, -0.15) is 0 Å². The molecule has 0 aliphatic heterocycles. The molecule has 1 saturated carbocycles. The lowest BCUT2D eigenvalue weighted by Gasteiger charge is -2.11. The number of nitrogens with two attached hydrogens (primary N) is 1. The summed E-state index contributed by atoms with van der Waals surface area (Å²) in [4.78, 5) is 22.9. The topological polar surface area (TPSA) is 94.6 Å². The molecule has 1 fully saturated rings. The fourth-order valence-electron chi connectivity index (χ4n) is 2.94. The molecule has 0 spiro atoms. The summed E-state index contributed by atoms with van der Waals surface area (Å²) in [6.07, 6.45) is 1.46. The monoisotopic (exact) mass is 336 g/mol. The van der Waals surface area contributed by atoms with E-state index in [-0.39, 0.29) is 23.7 Å². The van der Waals surface area contributed by atoms with Crippen molar-refractivity contribution >= 4 is 34.6 Å². The van der Waals surface area contributed by atoms with Crippen LogP contribution >= 0.6 is 11.6 Å². The average molecular weight is 337 g/mol. The molecule has 2 unspecified atom stereocenters. The number of benzene rings is 1. The van der Waals surface area contributed by atoms with Gasteiger partial charge in [-0.05, 0) is 49.4 Å². The fourth-order valence-corrected chi connectivity index (χ4v) is 3.12. The van der Waals surface area contributed by atoms with Gasteiger partial charge in [0.2, 0.25) is 0 Å². The van der Waals surface area contributed by atoms with Crippen molar-refractivity contribution < 1.29 is 18.7 Å². The van der Waals surface area contributed by atoms with E-state index in [1.54, 1.807) is 24.3 Å². The van der Waals surface area contributed by atoms with Gasteiger partial charge < -0.3 is 20.2 Å². The van der Waals surface area contributed by atoms with E-state index in [1.165, 1.54) is 0 Å². The number of primary amides is 1. The number of nitrogens with one attached hydrogen (secondary N) is 1. The molecule has 1 heterocycles. The van der Waals surface area contributed by atoms with Crippen LogP contribution in [0.25, 0.3) is 11.0 Å². The van der Waals surface area contributed by atoms with Gasteiger partial charge in [-0.25, -0.2) is 4.79 Å². The fraction of sp³-hybridized carbons (Fsp3) is 0.375. The first kappa shape index (κ1) is 15.7. The normalized spacial score (nSPS) is 20.6. The number of rotatable bonds is 4. The predicted molar refractivity (Wildman–Crippen MR) is 85.4 cm³/mol. The molecule has 2 amide bonds. The van der Waals surface area contributed by atoms with E-state index in [2.05, 4.69) is 5.32 Å². The zero-order valence-corrected chi connectivity index (χ0v) is 13.1. The lowest BCUT2D eigenvalue weighted by Crippen LogP contribution is -2.28. The molecule has 1 aliphatic carbocycles. The van der Waals surface area contributed by atoms with Crippen molar-refractivity contribution in [3.05, 3.63) is 35.0 Å². The molecule has 122 valence electrons. The first-order chi connectivity index (χ1) is 11.0. The van der Waals surface area contributed by atoms with E-state index < -0.39 is 6.09 Å². The molecule has 7 heteroatoms. The van der Waals surface area contributed by atoms with Gasteiger partial charge >= 0.3 is 6.09 Å². The predicted octanol–water partition coefficient (Wildman–Crippen LogP) is 3.08. The summed E-state index contributed by atoms with van der Waals surface area (Å²) >= 11 is 5.92. The molecule has 1 aliphatic rings. The van der Waals surface area contributed by atoms with Gasteiger partial charge in [0.25, 0.3) is 5.91 Å². The molecule has 23 heavy (non-hydrogen) atoms. The van der Waals surface area contributed by atoms with E-state index in [0.29, 0.717) is 23.6 Å². The Bertz CT molecular complexity index is 743. The standard InChI is InChI=1S/C16H17ClN2O4/c17-11-2-4-13-10(6-11)7-14(23-13)15(20)19-8-9-1-3-12(5-9)22-16(18)21/h2,4,6-7,9,12H,1,3,5,8H2,(H2,18,21)(H,19,20). The number of carbonyl (C=O) groups excluding carboxylic acids is 2. The van der Waals surface area contributed by atoms with Gasteiger partial charge in [0.05, 0.1) is 0 Å². The van der Waals surface area contributed by atoms with Crippen LogP contribution < -0.4 is 11.1 Å². The summed E-state index contributed by atoms with van der Waals surface area (Å²) in [5.74, 6) is 0.254. The summed E-state index contributed by atoms with van der Waals surface area (Å²) < 4.78 is 10.5. The van der Waals surface area contributed by atoms with Gasteiger partial charge in [-0.3, -0.25) is 4.79 Å². The second-order valence-electron chi connectivity index (χ2n) is 5.74. The Balaban J connectivity index is 1.55. The van der Waals surface area contributed by atoms with Crippen molar-refractivity contribution in [1.29, 1.82) is 0 Å². The van der Waals surface area contributed by atoms with Crippen molar-refractivity contribution in [2.75, 3.05) is 6.54 Å².